The summed E-state index contributed by atoms with van der Waals surface area (Å²) in [5.41, 5.74) is 0.543. The van der Waals surface area contributed by atoms with Gasteiger partial charge in [0.2, 0.25) is 0 Å². The van der Waals surface area contributed by atoms with Crippen LogP contribution in [0.2, 0.25) is 0 Å². The molecule has 0 fully saturated rings. The van der Waals surface area contributed by atoms with E-state index in [0.29, 0.717) is 17.7 Å². The third kappa shape index (κ3) is 13.4. The molecule has 0 aromatic heterocycles. The summed E-state index contributed by atoms with van der Waals surface area (Å²) in [6, 6.07) is 9.02. The average Bonchev–Trinajstić information content (AvgIpc) is 2.75. The first-order valence-corrected chi connectivity index (χ1v) is 14.3. The van der Waals surface area contributed by atoms with Gasteiger partial charge in [-0.3, -0.25) is 0 Å². The fourth-order valence-electron chi connectivity index (χ4n) is 3.63. The maximum atomic E-state index is 11.5. The largest absolute Gasteiger partial charge is 1.00 e. The van der Waals surface area contributed by atoms with Crippen LogP contribution in [0.15, 0.2) is 52.3 Å². The molecule has 2 aromatic rings. The fraction of sp³-hybridized carbons (Fsp3) is 0.500. The van der Waals surface area contributed by atoms with E-state index in [1.807, 2.05) is 0 Å². The molecule has 0 saturated carbocycles. The molecule has 0 aliphatic carbocycles. The van der Waals surface area contributed by atoms with Gasteiger partial charge in [0.15, 0.2) is 0 Å². The Kier molecular flexibility index (Phi) is 17.6. The third-order valence-electron chi connectivity index (χ3n) is 5.44. The van der Waals surface area contributed by atoms with E-state index in [1.54, 1.807) is 0 Å². The summed E-state index contributed by atoms with van der Waals surface area (Å²) < 4.78 is 73.9. The van der Waals surface area contributed by atoms with Crippen LogP contribution in [-0.4, -0.2) is 25.9 Å². The summed E-state index contributed by atoms with van der Waals surface area (Å²) in [5.74, 6) is 0.452. The van der Waals surface area contributed by atoms with Crippen molar-refractivity contribution in [3.05, 3.63) is 48.0 Å². The normalized spacial score (nSPS) is 11.4. The van der Waals surface area contributed by atoms with Crippen molar-refractivity contribution < 1.29 is 89.8 Å². The molecule has 11 heteroatoms. The molecule has 0 saturated heterocycles. The Morgan fingerprint density at radius 3 is 1.74 bits per heavy atom. The number of hydrogen-bond acceptors (Lipinski definition) is 7. The van der Waals surface area contributed by atoms with Crippen LogP contribution in [0.5, 0.6) is 11.5 Å². The van der Waals surface area contributed by atoms with E-state index in [9.17, 15) is 25.9 Å². The zero-order valence-electron chi connectivity index (χ0n) is 21.0. The first-order chi connectivity index (χ1) is 15.6. The Morgan fingerprint density at radius 2 is 1.20 bits per heavy atom. The molecular weight excluding hydrogens is 510 g/mol. The second-order valence-electron chi connectivity index (χ2n) is 8.19. The van der Waals surface area contributed by atoms with Crippen LogP contribution in [-0.2, 0) is 26.7 Å². The van der Waals surface area contributed by atoms with Crippen molar-refractivity contribution in [3.8, 4) is 11.5 Å². The molecule has 0 N–H and O–H groups in total. The second-order valence-corrected chi connectivity index (χ2v) is 10.9. The first kappa shape index (κ1) is 35.1. The van der Waals surface area contributed by atoms with Gasteiger partial charge >= 0.3 is 59.1 Å². The van der Waals surface area contributed by atoms with Gasteiger partial charge in [-0.15, -0.1) is 0 Å². The maximum absolute atomic E-state index is 11.5. The van der Waals surface area contributed by atoms with Crippen LogP contribution < -0.4 is 63.9 Å². The Morgan fingerprint density at radius 1 is 0.686 bits per heavy atom. The Balaban J connectivity index is 0.00000578. The molecule has 0 aliphatic heterocycles. The number of benzene rings is 2. The van der Waals surface area contributed by atoms with E-state index >= 15 is 0 Å². The minimum absolute atomic E-state index is 0. The van der Waals surface area contributed by atoms with Crippen molar-refractivity contribution in [2.24, 2.45) is 0 Å². The Labute approximate surface area is 254 Å². The molecule has 0 atom stereocenters. The third-order valence-corrected chi connectivity index (χ3v) is 7.10. The van der Waals surface area contributed by atoms with Gasteiger partial charge in [-0.25, -0.2) is 16.8 Å². The van der Waals surface area contributed by atoms with Crippen molar-refractivity contribution in [3.63, 3.8) is 0 Å². The van der Waals surface area contributed by atoms with Crippen LogP contribution in [0.1, 0.15) is 76.7 Å². The van der Waals surface area contributed by atoms with E-state index in [1.165, 1.54) is 68.9 Å². The van der Waals surface area contributed by atoms with Crippen LogP contribution >= 0.6 is 0 Å². The van der Waals surface area contributed by atoms with Crippen molar-refractivity contribution in [2.45, 2.75) is 87.3 Å². The summed E-state index contributed by atoms with van der Waals surface area (Å²) >= 11 is 0. The van der Waals surface area contributed by atoms with E-state index in [2.05, 4.69) is 6.92 Å². The zero-order chi connectivity index (χ0) is 24.3. The van der Waals surface area contributed by atoms with Crippen molar-refractivity contribution >= 4 is 20.2 Å². The van der Waals surface area contributed by atoms with Gasteiger partial charge in [0.25, 0.3) is 0 Å². The number of unbranched alkanes of at least 4 members (excludes halogenated alkanes) is 9. The first-order valence-electron chi connectivity index (χ1n) is 11.4. The molecule has 0 spiro atoms. The smallest absolute Gasteiger partial charge is 0.744 e. The number of rotatable bonds is 15. The van der Waals surface area contributed by atoms with Gasteiger partial charge < -0.3 is 13.8 Å². The van der Waals surface area contributed by atoms with Crippen LogP contribution in [0, 0.1) is 0 Å². The monoisotopic (exact) mass is 542 g/mol. The number of ether oxygens (including phenoxy) is 1. The minimum Gasteiger partial charge on any atom is -0.744 e. The van der Waals surface area contributed by atoms with E-state index in [0.717, 1.165) is 37.8 Å². The molecular formula is C24H32Na2O7S2. The average molecular weight is 543 g/mol. The van der Waals surface area contributed by atoms with Gasteiger partial charge in [0.05, 0.1) is 9.79 Å². The SMILES string of the molecule is CCCCCCCCCCCCc1cc(S(=O)(=O)[O-])ccc1Oc1cccc(S(=O)(=O)[O-])c1.[Na+].[Na+]. The van der Waals surface area contributed by atoms with Gasteiger partial charge in [0, 0.05) is 0 Å². The maximum Gasteiger partial charge on any atom is 1.00 e. The molecule has 0 amide bonds. The van der Waals surface area contributed by atoms with E-state index in [-0.39, 0.29) is 69.8 Å². The topological polar surface area (TPSA) is 124 Å². The quantitative estimate of drug-likeness (QED) is 0.173. The van der Waals surface area contributed by atoms with Gasteiger partial charge in [-0.2, -0.15) is 0 Å². The van der Waals surface area contributed by atoms with Crippen molar-refractivity contribution in [1.82, 2.24) is 0 Å². The van der Waals surface area contributed by atoms with Crippen LogP contribution in [0.3, 0.4) is 0 Å². The molecule has 184 valence electrons. The summed E-state index contributed by atoms with van der Waals surface area (Å²) in [7, 11) is -9.26. The molecule has 0 heterocycles. The van der Waals surface area contributed by atoms with Gasteiger partial charge in [-0.1, -0.05) is 70.8 Å². The Hall–Kier alpha value is 0.0600. The van der Waals surface area contributed by atoms with E-state index < -0.39 is 25.1 Å². The zero-order valence-corrected chi connectivity index (χ0v) is 26.6. The predicted octanol–water partition coefficient (Wildman–Crippen LogP) is -0.241. The molecule has 2 aromatic carbocycles. The minimum atomic E-state index is -4.64. The number of hydrogen-bond donors (Lipinski definition) is 0. The van der Waals surface area contributed by atoms with Crippen LogP contribution in [0.25, 0.3) is 0 Å². The van der Waals surface area contributed by atoms with Gasteiger partial charge in [0.1, 0.15) is 31.7 Å². The molecule has 7 nitrogen and oxygen atoms in total. The van der Waals surface area contributed by atoms with Crippen molar-refractivity contribution in [2.75, 3.05) is 0 Å². The number of aryl methyl sites for hydroxylation is 1. The summed E-state index contributed by atoms with van der Waals surface area (Å²) in [5, 5.41) is 0. The van der Waals surface area contributed by atoms with Crippen molar-refractivity contribution in [1.29, 1.82) is 0 Å². The summed E-state index contributed by atoms with van der Waals surface area (Å²) in [4.78, 5) is -0.761. The fourth-order valence-corrected chi connectivity index (χ4v) is 4.66. The van der Waals surface area contributed by atoms with Gasteiger partial charge in [-0.05, 0) is 54.8 Å². The Bertz CT molecular complexity index is 1100. The predicted molar refractivity (Wildman–Crippen MR) is 124 cm³/mol. The molecule has 0 bridgehead atoms. The molecule has 2 rings (SSSR count). The summed E-state index contributed by atoms with van der Waals surface area (Å²) in [6.07, 6.45) is 12.1. The molecule has 0 unspecified atom stereocenters. The summed E-state index contributed by atoms with van der Waals surface area (Å²) in [6.45, 7) is 2.20. The van der Waals surface area contributed by atoms with E-state index in [4.69, 9.17) is 4.74 Å². The van der Waals surface area contributed by atoms with Crippen LogP contribution in [0.4, 0.5) is 0 Å². The second kappa shape index (κ2) is 17.5. The molecule has 0 aliphatic rings. The molecule has 35 heavy (non-hydrogen) atoms. The standard InChI is InChI=1S/C24H34O7S2.2Na/c1-2-3-4-5-6-7-8-9-10-11-13-20-18-23(33(28,29)30)16-17-24(20)31-21-14-12-15-22(19-21)32(25,26)27;;/h12,14-19H,2-11,13H2,1H3,(H,25,26,27)(H,28,29,30);;/q;2*+1/p-2. The molecule has 0 radical (unpaired) electrons.